The van der Waals surface area contributed by atoms with Gasteiger partial charge in [-0.1, -0.05) is 30.3 Å². The molecule has 3 N–H and O–H groups in total. The lowest BCUT2D eigenvalue weighted by Gasteiger charge is -2.13. The van der Waals surface area contributed by atoms with Crippen LogP contribution in [0.15, 0.2) is 35.4 Å². The first-order chi connectivity index (χ1) is 12.4. The summed E-state index contributed by atoms with van der Waals surface area (Å²) < 4.78 is 4.85. The first-order valence-corrected chi connectivity index (χ1v) is 8.10. The number of carbonyl (C=O) groups is 4. The first-order valence-electron chi connectivity index (χ1n) is 8.10. The van der Waals surface area contributed by atoms with E-state index in [9.17, 15) is 19.2 Å². The molecule has 1 unspecified atom stereocenters. The van der Waals surface area contributed by atoms with Crippen LogP contribution in [0.4, 0.5) is 4.79 Å². The molecule has 1 aliphatic rings. The van der Waals surface area contributed by atoms with Crippen molar-refractivity contribution >= 4 is 29.5 Å². The minimum Gasteiger partial charge on any atom is -0.453 e. The lowest BCUT2D eigenvalue weighted by atomic mass is 10.1. The van der Waals surface area contributed by atoms with Gasteiger partial charge in [0.05, 0.1) is 18.7 Å². The number of primary amides is 1. The van der Waals surface area contributed by atoms with E-state index in [0.717, 1.165) is 11.3 Å². The number of rotatable bonds is 6. The first kappa shape index (κ1) is 19.1. The van der Waals surface area contributed by atoms with Gasteiger partial charge in [0.2, 0.25) is 5.91 Å². The van der Waals surface area contributed by atoms with E-state index in [1.165, 1.54) is 11.9 Å². The van der Waals surface area contributed by atoms with Crippen molar-refractivity contribution in [3.05, 3.63) is 35.9 Å². The smallest absolute Gasteiger partial charge is 0.318 e. The van der Waals surface area contributed by atoms with Gasteiger partial charge in [-0.3, -0.25) is 19.7 Å². The monoisotopic (exact) mass is 360 g/mol. The SMILES string of the molecule is CC(OC(=O)CCC(=O)N1CCC(c2ccccc2)=N1)C(=O)NC(N)=O. The molecule has 1 heterocycles. The standard InChI is InChI=1S/C17H20N4O5/c1-11(16(24)19-17(18)25)26-15(23)8-7-14(22)21-10-9-13(20-21)12-5-3-2-4-6-12/h2-6,11H,7-10H2,1H3,(H3,18,19,24,25). The molecule has 0 bridgehead atoms. The minimum absolute atomic E-state index is 0.0887. The largest absolute Gasteiger partial charge is 0.453 e. The molecule has 0 aliphatic carbocycles. The Morgan fingerprint density at radius 1 is 1.23 bits per heavy atom. The van der Waals surface area contributed by atoms with E-state index in [1.54, 1.807) is 0 Å². The fraction of sp³-hybridized carbons (Fsp3) is 0.353. The maximum absolute atomic E-state index is 12.2. The molecule has 4 amide bonds. The third kappa shape index (κ3) is 5.40. The van der Waals surface area contributed by atoms with E-state index in [4.69, 9.17) is 10.5 Å². The Labute approximate surface area is 150 Å². The lowest BCUT2D eigenvalue weighted by molar-refractivity contribution is -0.155. The predicted molar refractivity (Wildman–Crippen MR) is 91.8 cm³/mol. The second kappa shape index (κ2) is 8.75. The van der Waals surface area contributed by atoms with Crippen LogP contribution in [0.25, 0.3) is 0 Å². The molecule has 1 aromatic carbocycles. The Hall–Kier alpha value is -3.23. The molecule has 1 aromatic rings. The van der Waals surface area contributed by atoms with Gasteiger partial charge >= 0.3 is 12.0 Å². The number of amides is 4. The van der Waals surface area contributed by atoms with E-state index in [-0.39, 0.29) is 18.7 Å². The molecule has 1 aliphatic heterocycles. The van der Waals surface area contributed by atoms with Crippen LogP contribution in [-0.2, 0) is 19.1 Å². The maximum Gasteiger partial charge on any atom is 0.318 e. The van der Waals surface area contributed by atoms with E-state index in [0.29, 0.717) is 13.0 Å². The number of hydrogen-bond donors (Lipinski definition) is 2. The Bertz CT molecular complexity index is 732. The number of ether oxygens (including phenoxy) is 1. The van der Waals surface area contributed by atoms with E-state index < -0.39 is 24.0 Å². The second-order valence-corrected chi connectivity index (χ2v) is 5.67. The van der Waals surface area contributed by atoms with Gasteiger partial charge in [-0.05, 0) is 12.5 Å². The maximum atomic E-state index is 12.2. The van der Waals surface area contributed by atoms with Gasteiger partial charge < -0.3 is 10.5 Å². The van der Waals surface area contributed by atoms with Crippen LogP contribution in [0.3, 0.4) is 0 Å². The van der Waals surface area contributed by atoms with Crippen LogP contribution in [0, 0.1) is 0 Å². The Morgan fingerprint density at radius 2 is 1.92 bits per heavy atom. The molecule has 0 saturated heterocycles. The molecule has 9 heteroatoms. The Morgan fingerprint density at radius 3 is 2.58 bits per heavy atom. The summed E-state index contributed by atoms with van der Waals surface area (Å²) in [5.74, 6) is -1.85. The second-order valence-electron chi connectivity index (χ2n) is 5.67. The van der Waals surface area contributed by atoms with Crippen molar-refractivity contribution in [3.63, 3.8) is 0 Å². The molecule has 9 nitrogen and oxygen atoms in total. The van der Waals surface area contributed by atoms with E-state index in [1.807, 2.05) is 35.6 Å². The minimum atomic E-state index is -1.18. The van der Waals surface area contributed by atoms with Crippen LogP contribution in [0.5, 0.6) is 0 Å². The fourth-order valence-corrected chi connectivity index (χ4v) is 2.34. The number of benzene rings is 1. The highest BCUT2D eigenvalue weighted by Gasteiger charge is 2.23. The number of carbonyl (C=O) groups excluding carboxylic acids is 4. The summed E-state index contributed by atoms with van der Waals surface area (Å²) in [5.41, 5.74) is 6.58. The summed E-state index contributed by atoms with van der Waals surface area (Å²) in [7, 11) is 0. The van der Waals surface area contributed by atoms with Gasteiger partial charge in [0.1, 0.15) is 0 Å². The highest BCUT2D eigenvalue weighted by Crippen LogP contribution is 2.15. The van der Waals surface area contributed by atoms with Crippen LogP contribution < -0.4 is 11.1 Å². The average molecular weight is 360 g/mol. The molecule has 0 spiro atoms. The van der Waals surface area contributed by atoms with Crippen molar-refractivity contribution in [2.75, 3.05) is 6.54 Å². The number of nitrogens with two attached hydrogens (primary N) is 1. The number of imide groups is 1. The molecule has 0 fully saturated rings. The zero-order valence-electron chi connectivity index (χ0n) is 14.3. The highest BCUT2D eigenvalue weighted by molar-refractivity contribution is 6.02. The van der Waals surface area contributed by atoms with Crippen molar-refractivity contribution in [2.45, 2.75) is 32.3 Å². The number of urea groups is 1. The zero-order chi connectivity index (χ0) is 19.1. The van der Waals surface area contributed by atoms with Gasteiger partial charge in [0.25, 0.3) is 5.91 Å². The van der Waals surface area contributed by atoms with Gasteiger partial charge in [-0.2, -0.15) is 5.10 Å². The van der Waals surface area contributed by atoms with Crippen molar-refractivity contribution < 1.29 is 23.9 Å². The van der Waals surface area contributed by atoms with Crippen LogP contribution in [0.2, 0.25) is 0 Å². The molecular weight excluding hydrogens is 340 g/mol. The van der Waals surface area contributed by atoms with Gasteiger partial charge in [0.15, 0.2) is 6.10 Å². The zero-order valence-corrected chi connectivity index (χ0v) is 14.3. The number of esters is 1. The van der Waals surface area contributed by atoms with Gasteiger partial charge in [-0.25, -0.2) is 9.80 Å². The summed E-state index contributed by atoms with van der Waals surface area (Å²) in [6, 6.07) is 8.50. The van der Waals surface area contributed by atoms with Crippen molar-refractivity contribution in [1.29, 1.82) is 0 Å². The van der Waals surface area contributed by atoms with Crippen molar-refractivity contribution in [1.82, 2.24) is 10.3 Å². The number of hydrazone groups is 1. The molecular formula is C17H20N4O5. The van der Waals surface area contributed by atoms with Gasteiger partial charge in [-0.15, -0.1) is 0 Å². The Balaban J connectivity index is 1.80. The summed E-state index contributed by atoms with van der Waals surface area (Å²) in [6.45, 7) is 1.75. The summed E-state index contributed by atoms with van der Waals surface area (Å²) in [5, 5.41) is 7.43. The fourth-order valence-electron chi connectivity index (χ4n) is 2.34. The van der Waals surface area contributed by atoms with Crippen LogP contribution in [0.1, 0.15) is 31.7 Å². The average Bonchev–Trinajstić information content (AvgIpc) is 3.10. The van der Waals surface area contributed by atoms with Gasteiger partial charge in [0, 0.05) is 12.8 Å². The summed E-state index contributed by atoms with van der Waals surface area (Å²) >= 11 is 0. The van der Waals surface area contributed by atoms with Crippen LogP contribution >= 0.6 is 0 Å². The Kier molecular flexibility index (Phi) is 6.42. The molecule has 0 radical (unpaired) electrons. The molecule has 26 heavy (non-hydrogen) atoms. The van der Waals surface area contributed by atoms with Crippen molar-refractivity contribution in [2.24, 2.45) is 10.8 Å². The molecule has 2 rings (SSSR count). The third-order valence-electron chi connectivity index (χ3n) is 3.66. The molecule has 0 aromatic heterocycles. The van der Waals surface area contributed by atoms with Crippen molar-refractivity contribution in [3.8, 4) is 0 Å². The topological polar surface area (TPSA) is 131 Å². The normalized spacial score (nSPS) is 14.3. The number of nitrogens with zero attached hydrogens (tertiary/aromatic N) is 2. The third-order valence-corrected chi connectivity index (χ3v) is 3.66. The number of hydrogen-bond acceptors (Lipinski definition) is 6. The molecule has 1 atom stereocenters. The highest BCUT2D eigenvalue weighted by atomic mass is 16.5. The summed E-state index contributed by atoms with van der Waals surface area (Å²) in [4.78, 5) is 45.9. The molecule has 0 saturated carbocycles. The number of nitrogens with one attached hydrogen (secondary N) is 1. The predicted octanol–water partition coefficient (Wildman–Crippen LogP) is 0.530. The van der Waals surface area contributed by atoms with E-state index in [2.05, 4.69) is 5.10 Å². The molecule has 138 valence electrons. The van der Waals surface area contributed by atoms with E-state index >= 15 is 0 Å². The quantitative estimate of drug-likeness (QED) is 0.714. The summed E-state index contributed by atoms with van der Waals surface area (Å²) in [6.07, 6.45) is -0.821. The lowest BCUT2D eigenvalue weighted by Crippen LogP contribution is -2.42. The van der Waals surface area contributed by atoms with Crippen LogP contribution in [-0.4, -0.2) is 47.2 Å².